The third-order valence-corrected chi connectivity index (χ3v) is 3.18. The maximum atomic E-state index is 12.0. The van der Waals surface area contributed by atoms with Crippen LogP contribution in [0.5, 0.6) is 0 Å². The van der Waals surface area contributed by atoms with Crippen LogP contribution in [0, 0.1) is 18.8 Å². The molecule has 0 radical (unpaired) electrons. The van der Waals surface area contributed by atoms with E-state index in [0.717, 1.165) is 5.56 Å². The summed E-state index contributed by atoms with van der Waals surface area (Å²) in [5, 5.41) is 2.93. The Balaban J connectivity index is 2.67. The highest BCUT2D eigenvalue weighted by Gasteiger charge is 2.12. The summed E-state index contributed by atoms with van der Waals surface area (Å²) in [6, 6.07) is 5.50. The first-order valence-corrected chi connectivity index (χ1v) is 6.06. The highest BCUT2D eigenvalue weighted by atomic mass is 16.1. The quantitative estimate of drug-likeness (QED) is 0.787. The molecule has 1 unspecified atom stereocenters. The van der Waals surface area contributed by atoms with Gasteiger partial charge in [-0.15, -0.1) is 0 Å². The molecule has 0 aliphatic rings. The van der Waals surface area contributed by atoms with Gasteiger partial charge in [0.25, 0.3) is 5.91 Å². The van der Waals surface area contributed by atoms with Gasteiger partial charge in [-0.2, -0.15) is 0 Å². The molecule has 1 aromatic rings. The predicted octanol–water partition coefficient (Wildman–Crippen LogP) is 2.60. The summed E-state index contributed by atoms with van der Waals surface area (Å²) in [5.74, 6) is 0.939. The largest absolute Gasteiger partial charge is 0.398 e. The van der Waals surface area contributed by atoms with Crippen LogP contribution in [0.2, 0.25) is 0 Å². The Labute approximate surface area is 103 Å². The van der Waals surface area contributed by atoms with Gasteiger partial charge in [-0.05, 0) is 30.9 Å². The Morgan fingerprint density at radius 1 is 1.35 bits per heavy atom. The Kier molecular flexibility index (Phi) is 4.55. The molecule has 1 rings (SSSR count). The summed E-state index contributed by atoms with van der Waals surface area (Å²) in [6.07, 6.45) is 0. The molecule has 0 saturated carbocycles. The lowest BCUT2D eigenvalue weighted by molar-refractivity contribution is 0.0945. The number of amides is 1. The molecular weight excluding hydrogens is 212 g/mol. The minimum atomic E-state index is -0.0845. The van der Waals surface area contributed by atoms with E-state index < -0.39 is 0 Å². The summed E-state index contributed by atoms with van der Waals surface area (Å²) in [5.41, 5.74) is 7.94. The van der Waals surface area contributed by atoms with Crippen molar-refractivity contribution >= 4 is 11.6 Å². The number of nitrogens with one attached hydrogen (secondary N) is 1. The molecule has 3 N–H and O–H groups in total. The van der Waals surface area contributed by atoms with Crippen molar-refractivity contribution in [3.05, 3.63) is 29.3 Å². The van der Waals surface area contributed by atoms with Crippen LogP contribution < -0.4 is 11.1 Å². The molecule has 0 aliphatic heterocycles. The maximum absolute atomic E-state index is 12.0. The Morgan fingerprint density at radius 3 is 2.59 bits per heavy atom. The van der Waals surface area contributed by atoms with Gasteiger partial charge in [0.2, 0.25) is 0 Å². The molecule has 17 heavy (non-hydrogen) atoms. The SMILES string of the molecule is Cc1ccc(N)c(C(=O)NCC(C)C(C)C)c1. The summed E-state index contributed by atoms with van der Waals surface area (Å²) in [6.45, 7) is 9.07. The number of carbonyl (C=O) groups excluding carboxylic acids is 1. The molecule has 0 bridgehead atoms. The van der Waals surface area contributed by atoms with Crippen molar-refractivity contribution in [1.82, 2.24) is 5.32 Å². The van der Waals surface area contributed by atoms with Crippen molar-refractivity contribution < 1.29 is 4.79 Å². The van der Waals surface area contributed by atoms with Crippen molar-refractivity contribution in [2.45, 2.75) is 27.7 Å². The predicted molar refractivity (Wildman–Crippen MR) is 71.9 cm³/mol. The Hall–Kier alpha value is -1.51. The fourth-order valence-electron chi connectivity index (χ4n) is 1.45. The van der Waals surface area contributed by atoms with E-state index in [-0.39, 0.29) is 5.91 Å². The van der Waals surface area contributed by atoms with Gasteiger partial charge >= 0.3 is 0 Å². The number of anilines is 1. The van der Waals surface area contributed by atoms with Gasteiger partial charge in [-0.1, -0.05) is 32.4 Å². The third-order valence-electron chi connectivity index (χ3n) is 3.18. The van der Waals surface area contributed by atoms with Crippen molar-refractivity contribution in [2.24, 2.45) is 11.8 Å². The standard InChI is InChI=1S/C14H22N2O/c1-9(2)11(4)8-16-14(17)12-7-10(3)5-6-13(12)15/h5-7,9,11H,8,15H2,1-4H3,(H,16,17). The lowest BCUT2D eigenvalue weighted by atomic mass is 9.98. The highest BCUT2D eigenvalue weighted by molar-refractivity contribution is 5.99. The first-order valence-electron chi connectivity index (χ1n) is 6.06. The second kappa shape index (κ2) is 5.71. The summed E-state index contributed by atoms with van der Waals surface area (Å²) in [4.78, 5) is 12.0. The number of nitrogens with two attached hydrogens (primary N) is 1. The molecule has 1 atom stereocenters. The van der Waals surface area contributed by atoms with E-state index in [4.69, 9.17) is 5.73 Å². The summed E-state index contributed by atoms with van der Waals surface area (Å²) >= 11 is 0. The second-order valence-electron chi connectivity index (χ2n) is 5.02. The van der Waals surface area contributed by atoms with Gasteiger partial charge in [0.05, 0.1) is 5.56 Å². The van der Waals surface area contributed by atoms with Gasteiger partial charge in [-0.25, -0.2) is 0 Å². The molecule has 0 fully saturated rings. The van der Waals surface area contributed by atoms with Gasteiger partial charge in [-0.3, -0.25) is 4.79 Å². The molecule has 0 aromatic heterocycles. The van der Waals surface area contributed by atoms with E-state index in [1.807, 2.05) is 19.1 Å². The van der Waals surface area contributed by atoms with Crippen LogP contribution in [-0.4, -0.2) is 12.5 Å². The van der Waals surface area contributed by atoms with Gasteiger partial charge in [0, 0.05) is 12.2 Å². The fourth-order valence-corrected chi connectivity index (χ4v) is 1.45. The molecule has 0 saturated heterocycles. The average molecular weight is 234 g/mol. The van der Waals surface area contributed by atoms with Crippen LogP contribution >= 0.6 is 0 Å². The first-order chi connectivity index (χ1) is 7.91. The van der Waals surface area contributed by atoms with Crippen LogP contribution in [0.3, 0.4) is 0 Å². The molecule has 1 amide bonds. The number of carbonyl (C=O) groups is 1. The van der Waals surface area contributed by atoms with Gasteiger partial charge in [0.1, 0.15) is 0 Å². The van der Waals surface area contributed by atoms with Crippen LogP contribution in [0.25, 0.3) is 0 Å². The fraction of sp³-hybridized carbons (Fsp3) is 0.500. The zero-order valence-corrected chi connectivity index (χ0v) is 11.1. The molecule has 0 aliphatic carbocycles. The molecule has 3 nitrogen and oxygen atoms in total. The minimum Gasteiger partial charge on any atom is -0.398 e. The Morgan fingerprint density at radius 2 is 2.00 bits per heavy atom. The Bertz CT molecular complexity index is 399. The topological polar surface area (TPSA) is 55.1 Å². The van der Waals surface area contributed by atoms with Gasteiger partial charge < -0.3 is 11.1 Å². The van der Waals surface area contributed by atoms with E-state index in [0.29, 0.717) is 29.6 Å². The minimum absolute atomic E-state index is 0.0845. The van der Waals surface area contributed by atoms with Gasteiger partial charge in [0.15, 0.2) is 0 Å². The molecule has 1 aromatic carbocycles. The third kappa shape index (κ3) is 3.77. The van der Waals surface area contributed by atoms with Crippen molar-refractivity contribution in [2.75, 3.05) is 12.3 Å². The summed E-state index contributed by atoms with van der Waals surface area (Å²) in [7, 11) is 0. The lowest BCUT2D eigenvalue weighted by Gasteiger charge is -2.16. The maximum Gasteiger partial charge on any atom is 0.253 e. The first kappa shape index (κ1) is 13.6. The number of hydrogen-bond donors (Lipinski definition) is 2. The monoisotopic (exact) mass is 234 g/mol. The normalized spacial score (nSPS) is 12.5. The molecular formula is C14H22N2O. The number of hydrogen-bond acceptors (Lipinski definition) is 2. The van der Waals surface area contributed by atoms with Crippen molar-refractivity contribution in [1.29, 1.82) is 0 Å². The molecule has 3 heteroatoms. The number of benzene rings is 1. The van der Waals surface area contributed by atoms with Crippen LogP contribution in [0.4, 0.5) is 5.69 Å². The van der Waals surface area contributed by atoms with E-state index in [9.17, 15) is 4.79 Å². The van der Waals surface area contributed by atoms with Crippen LogP contribution in [0.1, 0.15) is 36.7 Å². The molecule has 0 spiro atoms. The zero-order chi connectivity index (χ0) is 13.0. The van der Waals surface area contributed by atoms with Crippen molar-refractivity contribution in [3.8, 4) is 0 Å². The number of rotatable bonds is 4. The smallest absolute Gasteiger partial charge is 0.253 e. The zero-order valence-electron chi connectivity index (χ0n) is 11.1. The van der Waals surface area contributed by atoms with E-state index in [1.54, 1.807) is 6.07 Å². The molecule has 0 heterocycles. The number of aryl methyl sites for hydroxylation is 1. The van der Waals surface area contributed by atoms with Crippen LogP contribution in [0.15, 0.2) is 18.2 Å². The van der Waals surface area contributed by atoms with E-state index in [1.165, 1.54) is 0 Å². The lowest BCUT2D eigenvalue weighted by Crippen LogP contribution is -2.30. The van der Waals surface area contributed by atoms with Crippen LogP contribution in [-0.2, 0) is 0 Å². The molecule has 94 valence electrons. The van der Waals surface area contributed by atoms with Crippen molar-refractivity contribution in [3.63, 3.8) is 0 Å². The van der Waals surface area contributed by atoms with E-state index >= 15 is 0 Å². The average Bonchev–Trinajstić information content (AvgIpc) is 2.28. The highest BCUT2D eigenvalue weighted by Crippen LogP contribution is 2.14. The summed E-state index contributed by atoms with van der Waals surface area (Å²) < 4.78 is 0. The van der Waals surface area contributed by atoms with E-state index in [2.05, 4.69) is 26.1 Å². The number of nitrogen functional groups attached to an aromatic ring is 1. The second-order valence-corrected chi connectivity index (χ2v) is 5.02.